The van der Waals surface area contributed by atoms with Gasteiger partial charge in [0.15, 0.2) is 0 Å². The minimum absolute atomic E-state index is 0.237. The van der Waals surface area contributed by atoms with Crippen molar-refractivity contribution >= 4 is 11.8 Å². The van der Waals surface area contributed by atoms with Gasteiger partial charge in [-0.1, -0.05) is 69.3 Å². The lowest BCUT2D eigenvalue weighted by molar-refractivity contribution is 0.199. The van der Waals surface area contributed by atoms with Crippen LogP contribution in [0.15, 0.2) is 48.5 Å². The zero-order chi connectivity index (χ0) is 18.8. The van der Waals surface area contributed by atoms with Crippen LogP contribution in [0.4, 0.5) is 10.5 Å². The van der Waals surface area contributed by atoms with Gasteiger partial charge in [-0.3, -0.25) is 4.90 Å². The van der Waals surface area contributed by atoms with Crippen molar-refractivity contribution in [1.82, 2.24) is 0 Å². The molecule has 1 amide bonds. The van der Waals surface area contributed by atoms with Crippen molar-refractivity contribution in [1.29, 1.82) is 0 Å². The van der Waals surface area contributed by atoms with Crippen molar-refractivity contribution in [2.45, 2.75) is 58.4 Å². The molecule has 0 heterocycles. The predicted octanol–water partition coefficient (Wildman–Crippen LogP) is 6.57. The van der Waals surface area contributed by atoms with Crippen LogP contribution in [0.25, 0.3) is 0 Å². The molecule has 0 radical (unpaired) electrons. The quantitative estimate of drug-likeness (QED) is 0.639. The second-order valence-electron chi connectivity index (χ2n) is 7.81. The third-order valence-corrected chi connectivity index (χ3v) is 5.66. The van der Waals surface area contributed by atoms with Crippen LogP contribution in [0, 0.1) is 5.92 Å². The topological polar surface area (TPSA) is 40.5 Å². The lowest BCUT2D eigenvalue weighted by Gasteiger charge is -2.33. The maximum Gasteiger partial charge on any atom is 0.412 e. The van der Waals surface area contributed by atoms with E-state index >= 15 is 0 Å². The Labute approximate surface area is 156 Å². The molecule has 0 bridgehead atoms. The highest BCUT2D eigenvalue weighted by molar-refractivity contribution is 5.90. The Morgan fingerprint density at radius 2 is 1.58 bits per heavy atom. The Bertz CT molecular complexity index is 765. The monoisotopic (exact) mass is 351 g/mol. The molecule has 2 atom stereocenters. The molecule has 3 heteroatoms. The summed E-state index contributed by atoms with van der Waals surface area (Å²) < 4.78 is 0. The lowest BCUT2D eigenvalue weighted by atomic mass is 9.88. The number of anilines is 1. The number of amides is 1. The SMILES string of the molecule is CC(C)c1cccc([C@H](C)C2CC2)c1N(C(=O)O)[C@H](C)c1ccccc1. The van der Waals surface area contributed by atoms with Crippen LogP contribution in [0.3, 0.4) is 0 Å². The molecule has 1 aliphatic carbocycles. The van der Waals surface area contributed by atoms with E-state index in [-0.39, 0.29) is 12.0 Å². The Morgan fingerprint density at radius 1 is 0.962 bits per heavy atom. The fraction of sp³-hybridized carbons (Fsp3) is 0.435. The molecule has 0 unspecified atom stereocenters. The summed E-state index contributed by atoms with van der Waals surface area (Å²) in [6.45, 7) is 8.50. The molecule has 3 rings (SSSR count). The molecule has 138 valence electrons. The third-order valence-electron chi connectivity index (χ3n) is 5.66. The summed E-state index contributed by atoms with van der Waals surface area (Å²) in [4.78, 5) is 14.0. The summed E-state index contributed by atoms with van der Waals surface area (Å²) in [5.74, 6) is 1.33. The van der Waals surface area contributed by atoms with Crippen LogP contribution >= 0.6 is 0 Å². The van der Waals surface area contributed by atoms with Crippen LogP contribution < -0.4 is 4.90 Å². The molecule has 2 aromatic carbocycles. The molecule has 26 heavy (non-hydrogen) atoms. The first-order chi connectivity index (χ1) is 12.4. The first kappa shape index (κ1) is 18.5. The largest absolute Gasteiger partial charge is 0.465 e. The van der Waals surface area contributed by atoms with Gasteiger partial charge in [-0.05, 0) is 54.2 Å². The highest BCUT2D eigenvalue weighted by Crippen LogP contribution is 2.47. The zero-order valence-corrected chi connectivity index (χ0v) is 16.1. The molecule has 1 fully saturated rings. The van der Waals surface area contributed by atoms with Gasteiger partial charge >= 0.3 is 6.09 Å². The molecule has 0 aromatic heterocycles. The van der Waals surface area contributed by atoms with Crippen LogP contribution in [0.2, 0.25) is 0 Å². The molecule has 0 saturated heterocycles. The number of hydrogen-bond donors (Lipinski definition) is 1. The van der Waals surface area contributed by atoms with E-state index in [0.29, 0.717) is 11.8 Å². The molecule has 2 aromatic rings. The second kappa shape index (κ2) is 7.53. The number of nitrogens with zero attached hydrogens (tertiary/aromatic N) is 1. The summed E-state index contributed by atoms with van der Waals surface area (Å²) in [7, 11) is 0. The van der Waals surface area contributed by atoms with Crippen molar-refractivity contribution in [3.63, 3.8) is 0 Å². The fourth-order valence-corrected chi connectivity index (χ4v) is 3.88. The summed E-state index contributed by atoms with van der Waals surface area (Å²) in [6.07, 6.45) is 1.60. The highest BCUT2D eigenvalue weighted by Gasteiger charge is 2.34. The average Bonchev–Trinajstić information content (AvgIpc) is 3.46. The standard InChI is InChI=1S/C23H29NO2/c1-15(2)20-11-8-12-21(16(3)18-13-14-18)22(20)24(23(25)26)17(4)19-9-6-5-7-10-19/h5-12,15-18H,13-14H2,1-4H3,(H,25,26)/t16-,17-/m1/s1. The summed E-state index contributed by atoms with van der Waals surface area (Å²) in [5, 5.41) is 10.2. The predicted molar refractivity (Wildman–Crippen MR) is 107 cm³/mol. The second-order valence-corrected chi connectivity index (χ2v) is 7.81. The van der Waals surface area contributed by atoms with Gasteiger partial charge in [-0.25, -0.2) is 4.79 Å². The van der Waals surface area contributed by atoms with E-state index < -0.39 is 6.09 Å². The lowest BCUT2D eigenvalue weighted by Crippen LogP contribution is -2.34. The number of carbonyl (C=O) groups is 1. The minimum atomic E-state index is -0.890. The summed E-state index contributed by atoms with van der Waals surface area (Å²) >= 11 is 0. The minimum Gasteiger partial charge on any atom is -0.465 e. The maximum absolute atomic E-state index is 12.4. The zero-order valence-electron chi connectivity index (χ0n) is 16.1. The Hall–Kier alpha value is -2.29. The number of rotatable bonds is 6. The first-order valence-corrected chi connectivity index (χ1v) is 9.61. The van der Waals surface area contributed by atoms with Crippen LogP contribution in [-0.2, 0) is 0 Å². The van der Waals surface area contributed by atoms with Crippen molar-refractivity contribution in [2.24, 2.45) is 5.92 Å². The number of hydrogen-bond acceptors (Lipinski definition) is 1. The fourth-order valence-electron chi connectivity index (χ4n) is 3.88. The Balaban J connectivity index is 2.15. The first-order valence-electron chi connectivity index (χ1n) is 9.61. The third kappa shape index (κ3) is 3.62. The number of para-hydroxylation sites is 1. The van der Waals surface area contributed by atoms with Gasteiger partial charge < -0.3 is 5.11 Å². The van der Waals surface area contributed by atoms with Crippen molar-refractivity contribution in [3.8, 4) is 0 Å². The van der Waals surface area contributed by atoms with Crippen LogP contribution in [0.5, 0.6) is 0 Å². The molecular formula is C23H29NO2. The molecule has 0 aliphatic heterocycles. The smallest absolute Gasteiger partial charge is 0.412 e. The highest BCUT2D eigenvalue weighted by atomic mass is 16.4. The van der Waals surface area contributed by atoms with Gasteiger partial charge in [0.1, 0.15) is 0 Å². The molecule has 0 spiro atoms. The maximum atomic E-state index is 12.4. The van der Waals surface area contributed by atoms with Crippen molar-refractivity contribution in [2.75, 3.05) is 4.90 Å². The van der Waals surface area contributed by atoms with Gasteiger partial charge in [0.05, 0.1) is 11.7 Å². The van der Waals surface area contributed by atoms with Gasteiger partial charge in [-0.15, -0.1) is 0 Å². The van der Waals surface area contributed by atoms with Gasteiger partial charge in [0.2, 0.25) is 0 Å². The van der Waals surface area contributed by atoms with Gasteiger partial charge in [0.25, 0.3) is 0 Å². The molecule has 3 nitrogen and oxygen atoms in total. The van der Waals surface area contributed by atoms with E-state index in [4.69, 9.17) is 0 Å². The van der Waals surface area contributed by atoms with Gasteiger partial charge in [0, 0.05) is 0 Å². The van der Waals surface area contributed by atoms with Crippen LogP contribution in [-0.4, -0.2) is 11.2 Å². The van der Waals surface area contributed by atoms with Crippen molar-refractivity contribution < 1.29 is 9.90 Å². The van der Waals surface area contributed by atoms with E-state index in [2.05, 4.69) is 39.0 Å². The molecule has 1 aliphatic rings. The Kier molecular flexibility index (Phi) is 5.36. The number of carboxylic acid groups (broad SMARTS) is 1. The van der Waals surface area contributed by atoms with E-state index in [0.717, 1.165) is 16.8 Å². The summed E-state index contributed by atoms with van der Waals surface area (Å²) in [6, 6.07) is 15.9. The van der Waals surface area contributed by atoms with Crippen LogP contribution in [0.1, 0.15) is 75.1 Å². The Morgan fingerprint density at radius 3 is 2.12 bits per heavy atom. The molecule has 1 N–H and O–H groups in total. The van der Waals surface area contributed by atoms with E-state index in [9.17, 15) is 9.90 Å². The van der Waals surface area contributed by atoms with E-state index in [1.54, 1.807) is 4.90 Å². The van der Waals surface area contributed by atoms with E-state index in [1.165, 1.54) is 18.4 Å². The molecular weight excluding hydrogens is 322 g/mol. The normalized spacial score (nSPS) is 16.3. The number of benzene rings is 2. The van der Waals surface area contributed by atoms with Gasteiger partial charge in [-0.2, -0.15) is 0 Å². The van der Waals surface area contributed by atoms with E-state index in [1.807, 2.05) is 37.3 Å². The summed E-state index contributed by atoms with van der Waals surface area (Å²) in [5.41, 5.74) is 4.19. The average molecular weight is 351 g/mol. The van der Waals surface area contributed by atoms with Crippen molar-refractivity contribution in [3.05, 3.63) is 65.2 Å². The molecule has 1 saturated carbocycles.